The standard InChI is InChI=1S/C12H16N2O/c1-12(2,3)9-4-10-8(7-15)5-13-11(10)14-6-9/h4-6,15H,7H2,1-3H3,(H,13,14). The Bertz CT molecular complexity index is 480. The molecule has 0 saturated carbocycles. The van der Waals surface area contributed by atoms with Crippen molar-refractivity contribution in [3.05, 3.63) is 29.6 Å². The molecule has 3 heteroatoms. The summed E-state index contributed by atoms with van der Waals surface area (Å²) in [5.41, 5.74) is 3.02. The maximum atomic E-state index is 9.17. The number of aromatic nitrogens is 2. The molecule has 2 aromatic rings. The second-order valence-corrected chi connectivity index (χ2v) is 4.84. The van der Waals surface area contributed by atoms with Gasteiger partial charge >= 0.3 is 0 Å². The quantitative estimate of drug-likeness (QED) is 0.749. The summed E-state index contributed by atoms with van der Waals surface area (Å²) in [5, 5.41) is 10.2. The molecule has 0 spiro atoms. The number of nitrogens with one attached hydrogen (secondary N) is 1. The van der Waals surface area contributed by atoms with Crippen molar-refractivity contribution >= 4 is 11.0 Å². The molecule has 0 aromatic carbocycles. The Hall–Kier alpha value is -1.35. The van der Waals surface area contributed by atoms with Crippen LogP contribution in [0.3, 0.4) is 0 Å². The summed E-state index contributed by atoms with van der Waals surface area (Å²) in [6.07, 6.45) is 3.70. The lowest BCUT2D eigenvalue weighted by atomic mass is 9.88. The molecule has 2 aromatic heterocycles. The SMILES string of the molecule is CC(C)(C)c1cnc2[nH]cc(CO)c2c1. The molecule has 0 aliphatic carbocycles. The summed E-state index contributed by atoms with van der Waals surface area (Å²) in [5.74, 6) is 0. The largest absolute Gasteiger partial charge is 0.392 e. The molecular weight excluding hydrogens is 188 g/mol. The summed E-state index contributed by atoms with van der Waals surface area (Å²) in [4.78, 5) is 7.40. The molecule has 2 N–H and O–H groups in total. The van der Waals surface area contributed by atoms with E-state index in [-0.39, 0.29) is 12.0 Å². The highest BCUT2D eigenvalue weighted by Crippen LogP contribution is 2.25. The molecule has 0 saturated heterocycles. The molecule has 0 bridgehead atoms. The average molecular weight is 204 g/mol. The van der Waals surface area contributed by atoms with Gasteiger partial charge in [-0.3, -0.25) is 0 Å². The highest BCUT2D eigenvalue weighted by molar-refractivity contribution is 5.80. The number of hydrogen-bond donors (Lipinski definition) is 2. The van der Waals surface area contributed by atoms with Gasteiger partial charge in [-0.05, 0) is 17.0 Å². The van der Waals surface area contributed by atoms with E-state index in [2.05, 4.69) is 36.8 Å². The third-order valence-electron chi connectivity index (χ3n) is 2.65. The third-order valence-corrected chi connectivity index (χ3v) is 2.65. The molecule has 0 aliphatic rings. The van der Waals surface area contributed by atoms with Gasteiger partial charge in [-0.1, -0.05) is 20.8 Å². The fourth-order valence-corrected chi connectivity index (χ4v) is 1.60. The van der Waals surface area contributed by atoms with E-state index in [9.17, 15) is 5.11 Å². The van der Waals surface area contributed by atoms with Crippen LogP contribution in [0.2, 0.25) is 0 Å². The summed E-state index contributed by atoms with van der Waals surface area (Å²) in [6, 6.07) is 2.10. The van der Waals surface area contributed by atoms with E-state index in [1.807, 2.05) is 12.4 Å². The van der Waals surface area contributed by atoms with Gasteiger partial charge in [-0.2, -0.15) is 0 Å². The van der Waals surface area contributed by atoms with E-state index in [4.69, 9.17) is 0 Å². The van der Waals surface area contributed by atoms with Crippen LogP contribution in [0.1, 0.15) is 31.9 Å². The van der Waals surface area contributed by atoms with Crippen LogP contribution < -0.4 is 0 Å². The van der Waals surface area contributed by atoms with Gasteiger partial charge in [0, 0.05) is 23.3 Å². The normalized spacial score (nSPS) is 12.3. The number of H-pyrrole nitrogens is 1. The molecule has 0 fully saturated rings. The molecule has 15 heavy (non-hydrogen) atoms. The lowest BCUT2D eigenvalue weighted by Crippen LogP contribution is -2.11. The second-order valence-electron chi connectivity index (χ2n) is 4.84. The van der Waals surface area contributed by atoms with Crippen molar-refractivity contribution in [1.82, 2.24) is 9.97 Å². The lowest BCUT2D eigenvalue weighted by Gasteiger charge is -2.18. The molecule has 0 atom stereocenters. The van der Waals surface area contributed by atoms with Gasteiger partial charge in [0.05, 0.1) is 6.61 Å². The number of fused-ring (bicyclic) bond motifs is 1. The van der Waals surface area contributed by atoms with E-state index in [1.54, 1.807) is 0 Å². The summed E-state index contributed by atoms with van der Waals surface area (Å²) < 4.78 is 0. The van der Waals surface area contributed by atoms with Crippen LogP contribution in [0, 0.1) is 0 Å². The number of nitrogens with zero attached hydrogens (tertiary/aromatic N) is 1. The molecular formula is C12H16N2O. The molecule has 80 valence electrons. The van der Waals surface area contributed by atoms with E-state index >= 15 is 0 Å². The third kappa shape index (κ3) is 1.75. The summed E-state index contributed by atoms with van der Waals surface area (Å²) in [7, 11) is 0. The maximum Gasteiger partial charge on any atom is 0.137 e. The molecule has 2 rings (SSSR count). The highest BCUT2D eigenvalue weighted by Gasteiger charge is 2.15. The number of hydrogen-bond acceptors (Lipinski definition) is 2. The Kier molecular flexibility index (Phi) is 2.27. The monoisotopic (exact) mass is 204 g/mol. The van der Waals surface area contributed by atoms with Crippen LogP contribution >= 0.6 is 0 Å². The van der Waals surface area contributed by atoms with E-state index in [0.29, 0.717) is 0 Å². The zero-order valence-corrected chi connectivity index (χ0v) is 9.33. The second kappa shape index (κ2) is 3.35. The first-order chi connectivity index (χ1) is 7.02. The fourth-order valence-electron chi connectivity index (χ4n) is 1.60. The maximum absolute atomic E-state index is 9.17. The zero-order chi connectivity index (χ0) is 11.1. The minimum absolute atomic E-state index is 0.0509. The molecule has 3 nitrogen and oxygen atoms in total. The molecule has 0 unspecified atom stereocenters. The smallest absolute Gasteiger partial charge is 0.137 e. The van der Waals surface area contributed by atoms with Crippen LogP contribution in [0.5, 0.6) is 0 Å². The van der Waals surface area contributed by atoms with Gasteiger partial charge in [0.15, 0.2) is 0 Å². The lowest BCUT2D eigenvalue weighted by molar-refractivity contribution is 0.283. The molecule has 0 amide bonds. The topological polar surface area (TPSA) is 48.9 Å². The number of aliphatic hydroxyl groups excluding tert-OH is 1. The predicted octanol–water partition coefficient (Wildman–Crippen LogP) is 2.35. The molecule has 0 radical (unpaired) electrons. The minimum atomic E-state index is 0.0509. The number of aliphatic hydroxyl groups is 1. The molecule has 2 heterocycles. The first-order valence-corrected chi connectivity index (χ1v) is 5.09. The average Bonchev–Trinajstić information content (AvgIpc) is 2.57. The fraction of sp³-hybridized carbons (Fsp3) is 0.417. The van der Waals surface area contributed by atoms with E-state index in [0.717, 1.165) is 16.6 Å². The highest BCUT2D eigenvalue weighted by atomic mass is 16.3. The van der Waals surface area contributed by atoms with Crippen LogP contribution in [0.4, 0.5) is 0 Å². The van der Waals surface area contributed by atoms with Crippen molar-refractivity contribution < 1.29 is 5.11 Å². The van der Waals surface area contributed by atoms with Crippen molar-refractivity contribution in [2.75, 3.05) is 0 Å². The van der Waals surface area contributed by atoms with Crippen molar-refractivity contribution in [3.8, 4) is 0 Å². The van der Waals surface area contributed by atoms with Gasteiger partial charge in [-0.25, -0.2) is 4.98 Å². The summed E-state index contributed by atoms with van der Waals surface area (Å²) >= 11 is 0. The minimum Gasteiger partial charge on any atom is -0.392 e. The van der Waals surface area contributed by atoms with Gasteiger partial charge in [0.25, 0.3) is 0 Å². The zero-order valence-electron chi connectivity index (χ0n) is 9.33. The number of rotatable bonds is 1. The van der Waals surface area contributed by atoms with E-state index < -0.39 is 0 Å². The molecule has 0 aliphatic heterocycles. The Labute approximate surface area is 89.2 Å². The van der Waals surface area contributed by atoms with Crippen LogP contribution in [0.15, 0.2) is 18.5 Å². The van der Waals surface area contributed by atoms with Gasteiger partial charge in [-0.15, -0.1) is 0 Å². The van der Waals surface area contributed by atoms with Crippen LogP contribution in [-0.2, 0) is 12.0 Å². The Morgan fingerprint density at radius 1 is 1.40 bits per heavy atom. The van der Waals surface area contributed by atoms with Crippen molar-refractivity contribution in [1.29, 1.82) is 0 Å². The van der Waals surface area contributed by atoms with Gasteiger partial charge in [0.2, 0.25) is 0 Å². The Morgan fingerprint density at radius 3 is 2.73 bits per heavy atom. The Balaban J connectivity index is 2.63. The summed E-state index contributed by atoms with van der Waals surface area (Å²) in [6.45, 7) is 6.51. The van der Waals surface area contributed by atoms with E-state index in [1.165, 1.54) is 5.56 Å². The first kappa shape index (κ1) is 10.2. The van der Waals surface area contributed by atoms with Crippen LogP contribution in [0.25, 0.3) is 11.0 Å². The Morgan fingerprint density at radius 2 is 2.13 bits per heavy atom. The first-order valence-electron chi connectivity index (χ1n) is 5.09. The van der Waals surface area contributed by atoms with Crippen molar-refractivity contribution in [2.24, 2.45) is 0 Å². The van der Waals surface area contributed by atoms with Crippen molar-refractivity contribution in [2.45, 2.75) is 32.8 Å². The predicted molar refractivity (Wildman–Crippen MR) is 60.7 cm³/mol. The van der Waals surface area contributed by atoms with Gasteiger partial charge in [0.1, 0.15) is 5.65 Å². The number of aromatic amines is 1. The van der Waals surface area contributed by atoms with Gasteiger partial charge < -0.3 is 10.1 Å². The van der Waals surface area contributed by atoms with Crippen molar-refractivity contribution in [3.63, 3.8) is 0 Å². The number of pyridine rings is 1. The van der Waals surface area contributed by atoms with Crippen LogP contribution in [-0.4, -0.2) is 15.1 Å².